The van der Waals surface area contributed by atoms with E-state index in [1.54, 1.807) is 0 Å². The van der Waals surface area contributed by atoms with E-state index in [-0.39, 0.29) is 18.2 Å². The van der Waals surface area contributed by atoms with Gasteiger partial charge in [0, 0.05) is 34.6 Å². The van der Waals surface area contributed by atoms with E-state index in [0.29, 0.717) is 12.1 Å². The standard InChI is InChI=1S/C17H9F11N2S/c18-10-4-9(5-11(19)12(10)20)30-15(31)29-8-2-6(16(25,26)13(21)22)1-7(3-8)17(27,28)14(23)24/h1-5,13-14H,(H2,29,30,31). The molecule has 0 aliphatic heterocycles. The first-order chi connectivity index (χ1) is 14.2. The third kappa shape index (κ3) is 5.35. The van der Waals surface area contributed by atoms with Crippen LogP contribution in [0, 0.1) is 17.5 Å². The first-order valence-electron chi connectivity index (χ1n) is 7.86. The fourth-order valence-corrected chi connectivity index (χ4v) is 2.49. The number of hydrogen-bond donors (Lipinski definition) is 2. The lowest BCUT2D eigenvalue weighted by molar-refractivity contribution is -0.140. The van der Waals surface area contributed by atoms with E-state index < -0.39 is 69.8 Å². The van der Waals surface area contributed by atoms with Crippen molar-refractivity contribution in [2.24, 2.45) is 0 Å². The Hall–Kier alpha value is -2.64. The van der Waals surface area contributed by atoms with Crippen molar-refractivity contribution in [1.82, 2.24) is 0 Å². The molecule has 0 atom stereocenters. The van der Waals surface area contributed by atoms with E-state index in [0.717, 1.165) is 0 Å². The highest BCUT2D eigenvalue weighted by Crippen LogP contribution is 2.41. The third-order valence-electron chi connectivity index (χ3n) is 3.75. The van der Waals surface area contributed by atoms with Crippen LogP contribution in [-0.4, -0.2) is 18.0 Å². The Balaban J connectivity index is 2.42. The van der Waals surface area contributed by atoms with E-state index >= 15 is 0 Å². The van der Waals surface area contributed by atoms with Gasteiger partial charge in [-0.15, -0.1) is 0 Å². The number of hydrogen-bond acceptors (Lipinski definition) is 1. The summed E-state index contributed by atoms with van der Waals surface area (Å²) in [5, 5.41) is 3.34. The van der Waals surface area contributed by atoms with Crippen LogP contribution >= 0.6 is 12.2 Å². The topological polar surface area (TPSA) is 24.1 Å². The van der Waals surface area contributed by atoms with Crippen molar-refractivity contribution in [3.05, 3.63) is 58.9 Å². The van der Waals surface area contributed by atoms with Crippen molar-refractivity contribution < 1.29 is 48.3 Å². The molecule has 0 spiro atoms. The first-order valence-corrected chi connectivity index (χ1v) is 8.27. The van der Waals surface area contributed by atoms with Crippen molar-refractivity contribution in [2.75, 3.05) is 10.6 Å². The molecule has 0 saturated carbocycles. The molecule has 0 amide bonds. The molecule has 0 aliphatic rings. The van der Waals surface area contributed by atoms with Crippen LogP contribution in [0.15, 0.2) is 30.3 Å². The van der Waals surface area contributed by atoms with Gasteiger partial charge in [-0.3, -0.25) is 0 Å². The van der Waals surface area contributed by atoms with Crippen molar-refractivity contribution in [1.29, 1.82) is 0 Å². The molecule has 2 N–H and O–H groups in total. The molecule has 0 bridgehead atoms. The van der Waals surface area contributed by atoms with Gasteiger partial charge in [-0.05, 0) is 30.4 Å². The van der Waals surface area contributed by atoms with Crippen molar-refractivity contribution in [3.63, 3.8) is 0 Å². The van der Waals surface area contributed by atoms with Crippen LogP contribution < -0.4 is 10.6 Å². The zero-order chi connectivity index (χ0) is 23.7. The minimum atomic E-state index is -4.98. The maximum Gasteiger partial charge on any atom is 0.332 e. The zero-order valence-electron chi connectivity index (χ0n) is 14.6. The molecule has 0 radical (unpaired) electrons. The minimum absolute atomic E-state index is 0.204. The summed E-state index contributed by atoms with van der Waals surface area (Å²) < 4.78 is 145. The Labute approximate surface area is 172 Å². The summed E-state index contributed by atoms with van der Waals surface area (Å²) in [5.74, 6) is -15.1. The van der Waals surface area contributed by atoms with Gasteiger partial charge < -0.3 is 10.6 Å². The molecule has 2 aromatic carbocycles. The van der Waals surface area contributed by atoms with Crippen LogP contribution in [0.5, 0.6) is 0 Å². The van der Waals surface area contributed by atoms with Gasteiger partial charge in [0.05, 0.1) is 0 Å². The normalized spacial score (nSPS) is 12.4. The van der Waals surface area contributed by atoms with E-state index in [1.807, 2.05) is 5.32 Å². The second-order valence-electron chi connectivity index (χ2n) is 5.98. The van der Waals surface area contributed by atoms with Gasteiger partial charge in [0.15, 0.2) is 22.6 Å². The Kier molecular flexibility index (Phi) is 7.03. The summed E-state index contributed by atoms with van der Waals surface area (Å²) in [6.45, 7) is 0. The van der Waals surface area contributed by atoms with Crippen LogP contribution in [0.3, 0.4) is 0 Å². The maximum absolute atomic E-state index is 13.7. The number of alkyl halides is 8. The smallest absolute Gasteiger partial charge is 0.332 e. The molecular formula is C17H9F11N2S. The van der Waals surface area contributed by atoms with Crippen LogP contribution in [0.4, 0.5) is 59.7 Å². The molecule has 0 fully saturated rings. The van der Waals surface area contributed by atoms with Crippen molar-refractivity contribution in [3.8, 4) is 0 Å². The molecule has 0 unspecified atom stereocenters. The molecule has 14 heteroatoms. The van der Waals surface area contributed by atoms with Gasteiger partial charge in [-0.25, -0.2) is 30.7 Å². The number of nitrogens with one attached hydrogen (secondary N) is 2. The molecular weight excluding hydrogens is 473 g/mol. The van der Waals surface area contributed by atoms with Crippen LogP contribution in [-0.2, 0) is 11.8 Å². The molecule has 0 aliphatic carbocycles. The lowest BCUT2D eigenvalue weighted by Crippen LogP contribution is -2.28. The predicted molar refractivity (Wildman–Crippen MR) is 92.4 cm³/mol. The SMILES string of the molecule is Fc1cc(NC(=S)Nc2cc(C(F)(F)C(F)F)cc(C(F)(F)C(F)F)c2)cc(F)c1F. The van der Waals surface area contributed by atoms with Gasteiger partial charge in [0.25, 0.3) is 0 Å². The molecule has 0 aromatic heterocycles. The molecule has 0 heterocycles. The highest BCUT2D eigenvalue weighted by molar-refractivity contribution is 7.80. The van der Waals surface area contributed by atoms with Crippen molar-refractivity contribution in [2.45, 2.75) is 24.7 Å². The zero-order valence-corrected chi connectivity index (χ0v) is 15.4. The molecule has 170 valence electrons. The van der Waals surface area contributed by atoms with E-state index in [1.165, 1.54) is 0 Å². The second kappa shape index (κ2) is 8.85. The molecule has 0 saturated heterocycles. The average molecular weight is 482 g/mol. The van der Waals surface area contributed by atoms with E-state index in [9.17, 15) is 48.3 Å². The van der Waals surface area contributed by atoms with Gasteiger partial charge in [-0.1, -0.05) is 0 Å². The number of halogens is 11. The molecule has 2 rings (SSSR count). The summed E-state index contributed by atoms with van der Waals surface area (Å²) in [6.07, 6.45) is -8.71. The third-order valence-corrected chi connectivity index (χ3v) is 3.95. The fourth-order valence-electron chi connectivity index (χ4n) is 2.26. The number of anilines is 2. The number of rotatable bonds is 6. The Morgan fingerprint density at radius 1 is 0.677 bits per heavy atom. The minimum Gasteiger partial charge on any atom is -0.332 e. The Morgan fingerprint density at radius 2 is 1.03 bits per heavy atom. The Morgan fingerprint density at radius 3 is 1.39 bits per heavy atom. The average Bonchev–Trinajstić information content (AvgIpc) is 2.65. The summed E-state index contributed by atoms with van der Waals surface area (Å²) in [4.78, 5) is 0. The van der Waals surface area contributed by atoms with E-state index in [2.05, 4.69) is 17.5 Å². The fraction of sp³-hybridized carbons (Fsp3) is 0.235. The number of thiocarbonyl (C=S) groups is 1. The van der Waals surface area contributed by atoms with Gasteiger partial charge in [0.2, 0.25) is 0 Å². The van der Waals surface area contributed by atoms with Gasteiger partial charge in [0.1, 0.15) is 0 Å². The van der Waals surface area contributed by atoms with Gasteiger partial charge in [-0.2, -0.15) is 17.6 Å². The summed E-state index contributed by atoms with van der Waals surface area (Å²) in [7, 11) is 0. The first kappa shape index (κ1) is 24.6. The largest absolute Gasteiger partial charge is 0.332 e. The molecule has 2 aromatic rings. The highest BCUT2D eigenvalue weighted by Gasteiger charge is 2.47. The molecule has 2 nitrogen and oxygen atoms in total. The van der Waals surface area contributed by atoms with Crippen LogP contribution in [0.25, 0.3) is 0 Å². The molecule has 31 heavy (non-hydrogen) atoms. The summed E-state index contributed by atoms with van der Waals surface area (Å²) in [5.41, 5.74) is -4.77. The van der Waals surface area contributed by atoms with Gasteiger partial charge >= 0.3 is 24.7 Å². The second-order valence-corrected chi connectivity index (χ2v) is 6.39. The van der Waals surface area contributed by atoms with E-state index in [4.69, 9.17) is 0 Å². The van der Waals surface area contributed by atoms with Crippen molar-refractivity contribution >= 4 is 28.7 Å². The lowest BCUT2D eigenvalue weighted by atomic mass is 10.00. The Bertz CT molecular complexity index is 917. The van der Waals surface area contributed by atoms with Crippen LogP contribution in [0.2, 0.25) is 0 Å². The monoisotopic (exact) mass is 482 g/mol. The lowest BCUT2D eigenvalue weighted by Gasteiger charge is -2.22. The predicted octanol–water partition coefficient (Wildman–Crippen LogP) is 6.63. The summed E-state index contributed by atoms with van der Waals surface area (Å²) >= 11 is 4.68. The highest BCUT2D eigenvalue weighted by atomic mass is 32.1. The number of benzene rings is 2. The summed E-state index contributed by atoms with van der Waals surface area (Å²) in [6, 6.07) is 1.16. The van der Waals surface area contributed by atoms with Crippen LogP contribution in [0.1, 0.15) is 11.1 Å². The quantitative estimate of drug-likeness (QED) is 0.275. The maximum atomic E-state index is 13.7.